The molecule has 0 unspecified atom stereocenters. The average molecular weight is 716 g/mol. The standard InChI is InChI=1S/C54H30O/c1-2-7-38-30-49-47(29-37(38)6-1)54-44(12-5-13-48(54)55-49)41-27-39(42-22-18-35-16-14-31-8-3-10-33-20-24-45(42)52(35)50(31)33)26-40(28-41)43-23-19-36-17-15-32-9-4-11-34-21-25-46(43)53(36)51(32)34/h1-30H/i3D,4D,8D,9D,10D,11D,14D,15D,16D,17D,18D,19D,20D,21D,22D,23D,24D,25D,26D,27D,28D. The van der Waals surface area contributed by atoms with E-state index in [-0.39, 0.29) is 70.6 Å². The molecular weight excluding hydrogens is 665 g/mol. The minimum absolute atomic E-state index is 0.134. The average Bonchev–Trinajstić information content (AvgIpc) is 3.93. The highest BCUT2D eigenvalue weighted by molar-refractivity contribution is 6.27. The second kappa shape index (κ2) is 10.7. The zero-order valence-corrected chi connectivity index (χ0v) is 28.1. The van der Waals surface area contributed by atoms with Gasteiger partial charge in [-0.1, -0.05) is 145 Å². The van der Waals surface area contributed by atoms with Crippen molar-refractivity contribution in [3.05, 3.63) is 181 Å². The van der Waals surface area contributed by atoms with Gasteiger partial charge in [0.1, 0.15) is 11.2 Å². The predicted octanol–water partition coefficient (Wildman–Crippen LogP) is 15.5. The van der Waals surface area contributed by atoms with Gasteiger partial charge in [0.05, 0.1) is 28.8 Å². The third-order valence-electron chi connectivity index (χ3n) is 10.5. The second-order valence-corrected chi connectivity index (χ2v) is 13.5. The van der Waals surface area contributed by atoms with Crippen LogP contribution in [-0.4, -0.2) is 0 Å². The Morgan fingerprint density at radius 3 is 1.36 bits per heavy atom. The van der Waals surface area contributed by atoms with Crippen molar-refractivity contribution in [2.75, 3.05) is 0 Å². The van der Waals surface area contributed by atoms with Gasteiger partial charge in [-0.2, -0.15) is 0 Å². The van der Waals surface area contributed by atoms with Crippen molar-refractivity contribution in [3.8, 4) is 33.4 Å². The molecule has 1 heteroatoms. The topological polar surface area (TPSA) is 13.1 Å². The largest absolute Gasteiger partial charge is 0.456 e. The lowest BCUT2D eigenvalue weighted by atomic mass is 9.85. The lowest BCUT2D eigenvalue weighted by molar-refractivity contribution is 0.669. The molecule has 0 N–H and O–H groups in total. The lowest BCUT2D eigenvalue weighted by Gasteiger charge is -2.18. The van der Waals surface area contributed by atoms with E-state index in [1.54, 1.807) is 18.2 Å². The first-order valence-electron chi connectivity index (χ1n) is 27.9. The smallest absolute Gasteiger partial charge is 0.136 e. The fourth-order valence-corrected chi connectivity index (χ4v) is 8.07. The number of hydrogen-bond donors (Lipinski definition) is 0. The van der Waals surface area contributed by atoms with Crippen LogP contribution in [0, 0.1) is 0 Å². The molecule has 55 heavy (non-hydrogen) atoms. The number of furan rings is 1. The van der Waals surface area contributed by atoms with Crippen molar-refractivity contribution in [2.24, 2.45) is 0 Å². The van der Waals surface area contributed by atoms with Crippen molar-refractivity contribution in [2.45, 2.75) is 0 Å². The first-order chi connectivity index (χ1) is 36.0. The molecule has 0 bridgehead atoms. The highest BCUT2D eigenvalue weighted by Crippen LogP contribution is 2.46. The van der Waals surface area contributed by atoms with Gasteiger partial charge in [0.25, 0.3) is 0 Å². The monoisotopic (exact) mass is 715 g/mol. The molecule has 0 radical (unpaired) electrons. The highest BCUT2D eigenvalue weighted by atomic mass is 16.3. The van der Waals surface area contributed by atoms with Gasteiger partial charge >= 0.3 is 0 Å². The molecule has 0 aliphatic heterocycles. The SMILES string of the molecule is [2H]c1c(-c2c([2H])c([2H])c3c([2H])c([2H])c4c([2H])c([2H])c([2H])c5c([2H])c([2H])c2c3c45)c([2H])c(-c2cccc3oc4cc5ccccc5cc4c23)c([2H])c1-c1c([2H])c([2H])c2c([2H])c([2H])c3c([2H])c([2H])c([2H])c4c([2H])c([2H])c1c2c34. The van der Waals surface area contributed by atoms with E-state index in [2.05, 4.69) is 0 Å². The number of rotatable bonds is 3. The zero-order chi connectivity index (χ0) is 54.1. The van der Waals surface area contributed by atoms with Gasteiger partial charge in [-0.3, -0.25) is 0 Å². The predicted molar refractivity (Wildman–Crippen MR) is 235 cm³/mol. The van der Waals surface area contributed by atoms with E-state index in [4.69, 9.17) is 18.1 Å². The molecule has 1 nitrogen and oxygen atoms in total. The summed E-state index contributed by atoms with van der Waals surface area (Å²) in [5.41, 5.74) is -1.70. The Kier molecular flexibility index (Phi) is 3.11. The third-order valence-corrected chi connectivity index (χ3v) is 10.5. The van der Waals surface area contributed by atoms with Gasteiger partial charge in [-0.15, -0.1) is 0 Å². The Morgan fingerprint density at radius 2 is 0.800 bits per heavy atom. The van der Waals surface area contributed by atoms with E-state index in [9.17, 15) is 15.1 Å². The molecule has 0 atom stereocenters. The van der Waals surface area contributed by atoms with Crippen LogP contribution in [0.4, 0.5) is 0 Å². The minimum atomic E-state index is -0.845. The van der Waals surface area contributed by atoms with Gasteiger partial charge in [0.2, 0.25) is 0 Å². The van der Waals surface area contributed by atoms with Gasteiger partial charge in [-0.05, 0) is 145 Å². The van der Waals surface area contributed by atoms with E-state index in [1.807, 2.05) is 36.4 Å². The molecule has 0 aliphatic rings. The fourth-order valence-electron chi connectivity index (χ4n) is 8.07. The van der Waals surface area contributed by atoms with E-state index >= 15 is 0 Å². The van der Waals surface area contributed by atoms with Gasteiger partial charge in [0.15, 0.2) is 0 Å². The van der Waals surface area contributed by atoms with Crippen LogP contribution < -0.4 is 0 Å². The maximum atomic E-state index is 10.3. The second-order valence-electron chi connectivity index (χ2n) is 13.5. The van der Waals surface area contributed by atoms with E-state index in [0.717, 1.165) is 10.8 Å². The van der Waals surface area contributed by atoms with E-state index < -0.39 is 160 Å². The normalized spacial score (nSPS) is 17.7. The molecule has 0 spiro atoms. The summed E-state index contributed by atoms with van der Waals surface area (Å²) in [4.78, 5) is 0. The van der Waals surface area contributed by atoms with Crippen LogP contribution in [-0.2, 0) is 0 Å². The fraction of sp³-hybridized carbons (Fsp3) is 0. The molecule has 12 aromatic carbocycles. The quantitative estimate of drug-likeness (QED) is 0.166. The Balaban J connectivity index is 1.31. The van der Waals surface area contributed by atoms with E-state index in [1.165, 1.54) is 0 Å². The zero-order valence-electron chi connectivity index (χ0n) is 49.1. The lowest BCUT2D eigenvalue weighted by Crippen LogP contribution is -1.91. The number of fused-ring (bicyclic) bond motifs is 4. The van der Waals surface area contributed by atoms with Crippen LogP contribution in [0.1, 0.15) is 28.8 Å². The molecule has 13 rings (SSSR count). The highest BCUT2D eigenvalue weighted by Gasteiger charge is 2.19. The summed E-state index contributed by atoms with van der Waals surface area (Å²) in [6.07, 6.45) is 0. The Morgan fingerprint density at radius 1 is 0.327 bits per heavy atom. The van der Waals surface area contributed by atoms with Crippen molar-refractivity contribution in [3.63, 3.8) is 0 Å². The number of hydrogen-bond acceptors (Lipinski definition) is 1. The Hall–Kier alpha value is -7.22. The summed E-state index contributed by atoms with van der Waals surface area (Å²) in [5, 5.41) is -1.33. The minimum Gasteiger partial charge on any atom is -0.456 e. The van der Waals surface area contributed by atoms with Crippen LogP contribution in [0.2, 0.25) is 0 Å². The van der Waals surface area contributed by atoms with Crippen LogP contribution in [0.25, 0.3) is 131 Å². The van der Waals surface area contributed by atoms with Crippen molar-refractivity contribution in [1.29, 1.82) is 0 Å². The summed E-state index contributed by atoms with van der Waals surface area (Å²) in [6, 6.07) is 1.22. The van der Waals surface area contributed by atoms with Gasteiger partial charge < -0.3 is 4.42 Å². The molecule has 252 valence electrons. The van der Waals surface area contributed by atoms with Crippen LogP contribution >= 0.6 is 0 Å². The summed E-state index contributed by atoms with van der Waals surface area (Å²) in [6.45, 7) is 0. The molecule has 1 aromatic heterocycles. The molecular formula is C54H30O. The summed E-state index contributed by atoms with van der Waals surface area (Å²) < 4.78 is 203. The first-order valence-corrected chi connectivity index (χ1v) is 17.4. The van der Waals surface area contributed by atoms with Crippen molar-refractivity contribution >= 4 is 97.3 Å². The summed E-state index contributed by atoms with van der Waals surface area (Å²) >= 11 is 0. The van der Waals surface area contributed by atoms with Gasteiger partial charge in [-0.25, -0.2) is 0 Å². The molecule has 1 heterocycles. The molecule has 0 saturated carbocycles. The first kappa shape index (κ1) is 16.0. The third kappa shape index (κ3) is 4.07. The van der Waals surface area contributed by atoms with Crippen molar-refractivity contribution < 1.29 is 33.2 Å². The Labute approximate surface area is 345 Å². The molecule has 0 fully saturated rings. The van der Waals surface area contributed by atoms with Crippen LogP contribution in [0.3, 0.4) is 0 Å². The maximum Gasteiger partial charge on any atom is 0.136 e. The van der Waals surface area contributed by atoms with E-state index in [0.29, 0.717) is 16.4 Å². The Bertz CT molecular complexity index is 4670. The molecule has 0 saturated heterocycles. The molecule has 13 aromatic rings. The van der Waals surface area contributed by atoms with Gasteiger partial charge in [0, 0.05) is 10.8 Å². The van der Waals surface area contributed by atoms with Crippen LogP contribution in [0.5, 0.6) is 0 Å². The van der Waals surface area contributed by atoms with Crippen LogP contribution in [0.15, 0.2) is 186 Å². The van der Waals surface area contributed by atoms with Crippen molar-refractivity contribution in [1.82, 2.24) is 0 Å². The summed E-state index contributed by atoms with van der Waals surface area (Å²) in [5.74, 6) is 0. The molecule has 0 aliphatic carbocycles. The molecule has 0 amide bonds. The number of benzene rings is 12. The maximum absolute atomic E-state index is 10.3. The summed E-state index contributed by atoms with van der Waals surface area (Å²) in [7, 11) is 0.